The van der Waals surface area contributed by atoms with E-state index in [2.05, 4.69) is 15.5 Å². The molecule has 9 heteroatoms. The van der Waals surface area contributed by atoms with Crippen molar-refractivity contribution in [2.45, 2.75) is 6.42 Å². The van der Waals surface area contributed by atoms with E-state index in [1.165, 1.54) is 12.1 Å². The first-order chi connectivity index (χ1) is 13.8. The van der Waals surface area contributed by atoms with Gasteiger partial charge in [-0.15, -0.1) is 0 Å². The predicted octanol–water partition coefficient (Wildman–Crippen LogP) is 2.35. The van der Waals surface area contributed by atoms with Crippen molar-refractivity contribution >= 4 is 17.8 Å². The monoisotopic (exact) mass is 395 g/mol. The van der Waals surface area contributed by atoms with Gasteiger partial charge in [0.15, 0.2) is 0 Å². The van der Waals surface area contributed by atoms with Crippen LogP contribution in [0.1, 0.15) is 27.1 Å². The van der Waals surface area contributed by atoms with Crippen LogP contribution in [0, 0.1) is 0 Å². The van der Waals surface area contributed by atoms with Crippen LogP contribution in [0.4, 0.5) is 0 Å². The molecule has 0 radical (unpaired) electrons. The lowest BCUT2D eigenvalue weighted by Crippen LogP contribution is -2.25. The maximum absolute atomic E-state index is 12.0. The van der Waals surface area contributed by atoms with Gasteiger partial charge >= 0.3 is 11.9 Å². The van der Waals surface area contributed by atoms with Crippen LogP contribution in [-0.4, -0.2) is 49.9 Å². The summed E-state index contributed by atoms with van der Waals surface area (Å²) in [4.78, 5) is 33.6. The van der Waals surface area contributed by atoms with Crippen molar-refractivity contribution in [1.82, 2.24) is 15.5 Å². The molecular weight excluding hydrogens is 378 g/mol. The molecule has 0 spiro atoms. The summed E-state index contributed by atoms with van der Waals surface area (Å²) in [5, 5.41) is 36.9. The van der Waals surface area contributed by atoms with E-state index in [1.807, 2.05) is 0 Å². The Bertz CT molecular complexity index is 1070. The fraction of sp³-hybridized carbons (Fsp3) is 0.100. The second-order valence-corrected chi connectivity index (χ2v) is 6.18. The number of benzene rings is 2. The van der Waals surface area contributed by atoms with E-state index in [0.29, 0.717) is 22.5 Å². The zero-order valence-corrected chi connectivity index (χ0v) is 15.0. The number of carboxylic acid groups (broad SMARTS) is 2. The first kappa shape index (κ1) is 19.6. The number of aromatic nitrogens is 2. The SMILES string of the molecule is O=C(O)CCNC(=O)c1ccc(-c2cc(-c3ccc(O)c(C(=O)O)c3)n[nH]2)cc1. The molecule has 0 fully saturated rings. The molecule has 0 saturated heterocycles. The summed E-state index contributed by atoms with van der Waals surface area (Å²) < 4.78 is 0. The number of hydrogen-bond acceptors (Lipinski definition) is 5. The summed E-state index contributed by atoms with van der Waals surface area (Å²) in [6.45, 7) is 0.0464. The number of aromatic amines is 1. The van der Waals surface area contributed by atoms with Gasteiger partial charge in [-0.3, -0.25) is 14.7 Å². The lowest BCUT2D eigenvalue weighted by Gasteiger charge is -2.04. The van der Waals surface area contributed by atoms with Gasteiger partial charge in [-0.1, -0.05) is 12.1 Å². The second-order valence-electron chi connectivity index (χ2n) is 6.18. The third-order valence-electron chi connectivity index (χ3n) is 4.18. The lowest BCUT2D eigenvalue weighted by molar-refractivity contribution is -0.136. The number of hydrogen-bond donors (Lipinski definition) is 5. The average molecular weight is 395 g/mol. The normalized spacial score (nSPS) is 10.5. The van der Waals surface area contributed by atoms with Gasteiger partial charge in [0.2, 0.25) is 0 Å². The van der Waals surface area contributed by atoms with Crippen molar-refractivity contribution in [2.75, 3.05) is 6.54 Å². The molecule has 3 aromatic rings. The zero-order valence-electron chi connectivity index (χ0n) is 15.0. The van der Waals surface area contributed by atoms with E-state index in [9.17, 15) is 19.5 Å². The minimum absolute atomic E-state index is 0.0464. The van der Waals surface area contributed by atoms with Crippen LogP contribution in [0.3, 0.4) is 0 Å². The number of H-pyrrole nitrogens is 1. The maximum Gasteiger partial charge on any atom is 0.339 e. The Morgan fingerprint density at radius 3 is 2.31 bits per heavy atom. The molecule has 0 saturated carbocycles. The lowest BCUT2D eigenvalue weighted by atomic mass is 10.0. The molecule has 9 nitrogen and oxygen atoms in total. The first-order valence-corrected chi connectivity index (χ1v) is 8.57. The zero-order chi connectivity index (χ0) is 21.0. The van der Waals surface area contributed by atoms with Crippen LogP contribution in [0.25, 0.3) is 22.5 Å². The number of aromatic hydroxyl groups is 1. The van der Waals surface area contributed by atoms with Gasteiger partial charge in [0.05, 0.1) is 17.8 Å². The van der Waals surface area contributed by atoms with Crippen molar-refractivity contribution < 1.29 is 29.7 Å². The highest BCUT2D eigenvalue weighted by atomic mass is 16.4. The van der Waals surface area contributed by atoms with Gasteiger partial charge in [-0.25, -0.2) is 4.79 Å². The van der Waals surface area contributed by atoms with E-state index in [4.69, 9.17) is 10.2 Å². The van der Waals surface area contributed by atoms with Gasteiger partial charge in [-0.2, -0.15) is 5.10 Å². The molecular formula is C20H17N3O6. The minimum Gasteiger partial charge on any atom is -0.507 e. The van der Waals surface area contributed by atoms with Crippen molar-refractivity contribution in [3.05, 3.63) is 59.7 Å². The number of carboxylic acids is 2. The van der Waals surface area contributed by atoms with Gasteiger partial charge in [0.1, 0.15) is 11.3 Å². The molecule has 2 aromatic carbocycles. The fourth-order valence-electron chi connectivity index (χ4n) is 2.67. The van der Waals surface area contributed by atoms with E-state index in [1.54, 1.807) is 36.4 Å². The van der Waals surface area contributed by atoms with Crippen LogP contribution in [0.2, 0.25) is 0 Å². The van der Waals surface area contributed by atoms with Gasteiger partial charge < -0.3 is 20.6 Å². The second kappa shape index (κ2) is 8.26. The Morgan fingerprint density at radius 2 is 1.66 bits per heavy atom. The van der Waals surface area contributed by atoms with Crippen LogP contribution in [0.5, 0.6) is 5.75 Å². The molecule has 0 aliphatic heterocycles. The van der Waals surface area contributed by atoms with Crippen molar-refractivity contribution in [1.29, 1.82) is 0 Å². The highest BCUT2D eigenvalue weighted by Gasteiger charge is 2.13. The molecule has 0 atom stereocenters. The number of aliphatic carboxylic acids is 1. The Morgan fingerprint density at radius 1 is 0.966 bits per heavy atom. The number of aromatic carboxylic acids is 1. The number of carbonyl (C=O) groups is 3. The predicted molar refractivity (Wildman–Crippen MR) is 103 cm³/mol. The summed E-state index contributed by atoms with van der Waals surface area (Å²) in [5.74, 6) is -2.92. The van der Waals surface area contributed by atoms with Crippen molar-refractivity contribution in [3.63, 3.8) is 0 Å². The molecule has 0 unspecified atom stereocenters. The largest absolute Gasteiger partial charge is 0.507 e. The van der Waals surface area contributed by atoms with E-state index in [-0.39, 0.29) is 30.2 Å². The highest BCUT2D eigenvalue weighted by Crippen LogP contribution is 2.28. The Hall–Kier alpha value is -4.14. The Balaban J connectivity index is 1.75. The van der Waals surface area contributed by atoms with Crippen LogP contribution in [-0.2, 0) is 4.79 Å². The summed E-state index contributed by atoms with van der Waals surface area (Å²) >= 11 is 0. The number of nitrogens with zero attached hydrogens (tertiary/aromatic N) is 1. The third kappa shape index (κ3) is 4.59. The minimum atomic E-state index is -1.24. The summed E-state index contributed by atoms with van der Waals surface area (Å²) in [6, 6.07) is 12.6. The standard InChI is InChI=1S/C20H17N3O6/c24-17-6-5-13(9-14(17)20(28)29)16-10-15(22-23-16)11-1-3-12(4-2-11)19(27)21-8-7-18(25)26/h1-6,9-10,24H,7-8H2,(H,21,27)(H,22,23)(H,25,26)(H,28,29). The van der Waals surface area contributed by atoms with E-state index < -0.39 is 11.9 Å². The molecule has 0 aliphatic carbocycles. The number of nitrogens with one attached hydrogen (secondary N) is 2. The fourth-order valence-corrected chi connectivity index (χ4v) is 2.67. The maximum atomic E-state index is 12.0. The first-order valence-electron chi connectivity index (χ1n) is 8.57. The van der Waals surface area contributed by atoms with E-state index >= 15 is 0 Å². The molecule has 1 heterocycles. The third-order valence-corrected chi connectivity index (χ3v) is 4.18. The van der Waals surface area contributed by atoms with Gasteiger partial charge in [-0.05, 0) is 42.0 Å². The van der Waals surface area contributed by atoms with Gasteiger partial charge in [0.25, 0.3) is 5.91 Å². The summed E-state index contributed by atoms with van der Waals surface area (Å²) in [7, 11) is 0. The van der Waals surface area contributed by atoms with E-state index in [0.717, 1.165) is 5.56 Å². The average Bonchev–Trinajstić information content (AvgIpc) is 3.18. The topological polar surface area (TPSA) is 153 Å². The molecule has 29 heavy (non-hydrogen) atoms. The molecule has 5 N–H and O–H groups in total. The van der Waals surface area contributed by atoms with Crippen molar-refractivity contribution in [3.8, 4) is 28.3 Å². The molecule has 0 aliphatic rings. The highest BCUT2D eigenvalue weighted by molar-refractivity contribution is 5.95. The Labute approximate surface area is 164 Å². The van der Waals surface area contributed by atoms with Crippen LogP contribution < -0.4 is 5.32 Å². The quantitative estimate of drug-likeness (QED) is 0.411. The molecule has 3 rings (SSSR count). The number of rotatable bonds is 7. The molecule has 1 aromatic heterocycles. The van der Waals surface area contributed by atoms with Crippen LogP contribution in [0.15, 0.2) is 48.5 Å². The summed E-state index contributed by atoms with van der Waals surface area (Å²) in [5.41, 5.74) is 2.61. The molecule has 0 bridgehead atoms. The molecule has 148 valence electrons. The van der Waals surface area contributed by atoms with Gasteiger partial charge in [0, 0.05) is 17.7 Å². The van der Waals surface area contributed by atoms with Crippen molar-refractivity contribution in [2.24, 2.45) is 0 Å². The smallest absolute Gasteiger partial charge is 0.339 e. The number of amides is 1. The van der Waals surface area contributed by atoms with Crippen LogP contribution >= 0.6 is 0 Å². The number of phenols is 1. The molecule has 1 amide bonds. The summed E-state index contributed by atoms with van der Waals surface area (Å²) in [6.07, 6.45) is -0.151. The Kier molecular flexibility index (Phi) is 5.59. The number of carbonyl (C=O) groups excluding carboxylic acids is 1.